The monoisotopic (exact) mass is 296 g/mol. The van der Waals surface area contributed by atoms with Gasteiger partial charge in [0.25, 0.3) is 5.95 Å². The summed E-state index contributed by atoms with van der Waals surface area (Å²) in [4.78, 5) is 10.6. The van der Waals surface area contributed by atoms with Crippen LogP contribution in [-0.4, -0.2) is 11.1 Å². The summed E-state index contributed by atoms with van der Waals surface area (Å²) in [5.41, 5.74) is 1.02. The standard InChI is InChI=1S/C12H9BrO4/c1-7-6-8(2-3-9(7)13)16-11-5-4-10(17-11)12(14)15/h2-6H,1H3,(H,14,15). The number of carboxylic acids is 1. The Labute approximate surface area is 106 Å². The highest BCUT2D eigenvalue weighted by molar-refractivity contribution is 9.10. The lowest BCUT2D eigenvalue weighted by atomic mass is 10.2. The summed E-state index contributed by atoms with van der Waals surface area (Å²) >= 11 is 3.38. The molecule has 0 aliphatic heterocycles. The van der Waals surface area contributed by atoms with Crippen LogP contribution < -0.4 is 4.74 Å². The van der Waals surface area contributed by atoms with Crippen LogP contribution in [0.25, 0.3) is 0 Å². The van der Waals surface area contributed by atoms with Crippen LogP contribution in [0.2, 0.25) is 0 Å². The minimum atomic E-state index is -1.12. The van der Waals surface area contributed by atoms with Gasteiger partial charge in [-0.2, -0.15) is 0 Å². The highest BCUT2D eigenvalue weighted by Gasteiger charge is 2.10. The van der Waals surface area contributed by atoms with Crippen LogP contribution in [0.3, 0.4) is 0 Å². The van der Waals surface area contributed by atoms with Gasteiger partial charge in [-0.05, 0) is 36.8 Å². The van der Waals surface area contributed by atoms with E-state index in [1.165, 1.54) is 12.1 Å². The van der Waals surface area contributed by atoms with Crippen molar-refractivity contribution in [2.75, 3.05) is 0 Å². The molecule has 0 amide bonds. The van der Waals surface area contributed by atoms with E-state index in [-0.39, 0.29) is 11.7 Å². The maximum absolute atomic E-state index is 10.6. The molecule has 0 saturated heterocycles. The highest BCUT2D eigenvalue weighted by Crippen LogP contribution is 2.27. The first-order valence-electron chi connectivity index (χ1n) is 4.83. The Kier molecular flexibility index (Phi) is 3.19. The predicted molar refractivity (Wildman–Crippen MR) is 64.6 cm³/mol. The number of carbonyl (C=O) groups is 1. The van der Waals surface area contributed by atoms with Crippen LogP contribution in [0.5, 0.6) is 11.7 Å². The van der Waals surface area contributed by atoms with Gasteiger partial charge in [0.2, 0.25) is 5.76 Å². The van der Waals surface area contributed by atoms with Gasteiger partial charge < -0.3 is 14.3 Å². The van der Waals surface area contributed by atoms with Gasteiger partial charge in [0.1, 0.15) is 5.75 Å². The first-order chi connectivity index (χ1) is 8.06. The number of hydrogen-bond acceptors (Lipinski definition) is 3. The molecule has 0 aliphatic rings. The number of hydrogen-bond donors (Lipinski definition) is 1. The number of aromatic carboxylic acids is 1. The van der Waals surface area contributed by atoms with Crippen LogP contribution in [0.4, 0.5) is 0 Å². The number of aryl methyl sites for hydroxylation is 1. The number of furan rings is 1. The summed E-state index contributed by atoms with van der Waals surface area (Å²) in [7, 11) is 0. The lowest BCUT2D eigenvalue weighted by Gasteiger charge is -2.04. The molecule has 1 heterocycles. The Morgan fingerprint density at radius 2 is 2.12 bits per heavy atom. The SMILES string of the molecule is Cc1cc(Oc2ccc(C(=O)O)o2)ccc1Br. The third kappa shape index (κ3) is 2.68. The van der Waals surface area contributed by atoms with E-state index in [9.17, 15) is 4.79 Å². The predicted octanol–water partition coefficient (Wildman–Crippen LogP) is 3.84. The molecule has 2 rings (SSSR count). The largest absolute Gasteiger partial charge is 0.475 e. The van der Waals surface area contributed by atoms with Gasteiger partial charge in [0.15, 0.2) is 0 Å². The van der Waals surface area contributed by atoms with Crippen molar-refractivity contribution in [1.82, 2.24) is 0 Å². The lowest BCUT2D eigenvalue weighted by Crippen LogP contribution is -1.91. The Morgan fingerprint density at radius 3 is 2.71 bits per heavy atom. The summed E-state index contributed by atoms with van der Waals surface area (Å²) in [5, 5.41) is 8.69. The third-order valence-corrected chi connectivity index (χ3v) is 3.03. The van der Waals surface area contributed by atoms with E-state index < -0.39 is 5.97 Å². The summed E-state index contributed by atoms with van der Waals surface area (Å²) < 4.78 is 11.4. The van der Waals surface area contributed by atoms with E-state index in [2.05, 4.69) is 15.9 Å². The van der Waals surface area contributed by atoms with Crippen molar-refractivity contribution in [1.29, 1.82) is 0 Å². The Balaban J connectivity index is 2.19. The van der Waals surface area contributed by atoms with Crippen LogP contribution in [0.15, 0.2) is 39.2 Å². The summed E-state index contributed by atoms with van der Waals surface area (Å²) in [6, 6.07) is 8.27. The molecule has 0 bridgehead atoms. The summed E-state index contributed by atoms with van der Waals surface area (Å²) in [6.45, 7) is 1.93. The Bertz CT molecular complexity index is 559. The van der Waals surface area contributed by atoms with Gasteiger partial charge in [-0.3, -0.25) is 0 Å². The van der Waals surface area contributed by atoms with Crippen molar-refractivity contribution in [3.63, 3.8) is 0 Å². The van der Waals surface area contributed by atoms with Gasteiger partial charge in [0.05, 0.1) is 0 Å². The number of carboxylic acid groups (broad SMARTS) is 1. The Hall–Kier alpha value is -1.75. The average Bonchev–Trinajstić information content (AvgIpc) is 2.72. The molecule has 1 N–H and O–H groups in total. The number of halogens is 1. The zero-order chi connectivity index (χ0) is 12.4. The third-order valence-electron chi connectivity index (χ3n) is 2.14. The molecule has 17 heavy (non-hydrogen) atoms. The van der Waals surface area contributed by atoms with Crippen molar-refractivity contribution in [3.05, 3.63) is 46.1 Å². The molecule has 0 radical (unpaired) electrons. The molecule has 2 aromatic rings. The minimum Gasteiger partial charge on any atom is -0.475 e. The topological polar surface area (TPSA) is 59.7 Å². The minimum absolute atomic E-state index is 0.145. The second-order valence-electron chi connectivity index (χ2n) is 3.44. The van der Waals surface area contributed by atoms with Crippen molar-refractivity contribution >= 4 is 21.9 Å². The van der Waals surface area contributed by atoms with Crippen LogP contribution in [0.1, 0.15) is 16.1 Å². The smallest absolute Gasteiger partial charge is 0.371 e. The van der Waals surface area contributed by atoms with E-state index in [1.54, 1.807) is 6.07 Å². The first-order valence-corrected chi connectivity index (χ1v) is 5.62. The molecule has 0 spiro atoms. The van der Waals surface area contributed by atoms with Crippen LogP contribution >= 0.6 is 15.9 Å². The molecule has 1 aromatic carbocycles. The summed E-state index contributed by atoms with van der Waals surface area (Å²) in [6.07, 6.45) is 0. The molecule has 1 aromatic heterocycles. The zero-order valence-corrected chi connectivity index (χ0v) is 10.5. The first kappa shape index (κ1) is 11.7. The Morgan fingerprint density at radius 1 is 1.35 bits per heavy atom. The zero-order valence-electron chi connectivity index (χ0n) is 8.94. The molecular formula is C12H9BrO4. The molecule has 0 aliphatic carbocycles. The number of ether oxygens (including phenoxy) is 1. The quantitative estimate of drug-likeness (QED) is 0.935. The highest BCUT2D eigenvalue weighted by atomic mass is 79.9. The maximum Gasteiger partial charge on any atom is 0.371 e. The molecule has 88 valence electrons. The van der Waals surface area contributed by atoms with Gasteiger partial charge in [-0.15, -0.1) is 0 Å². The van der Waals surface area contributed by atoms with Crippen LogP contribution in [0, 0.1) is 6.92 Å². The van der Waals surface area contributed by atoms with E-state index in [0.29, 0.717) is 5.75 Å². The van der Waals surface area contributed by atoms with Crippen molar-refractivity contribution < 1.29 is 19.1 Å². The fourth-order valence-corrected chi connectivity index (χ4v) is 1.53. The van der Waals surface area contributed by atoms with E-state index in [1.807, 2.05) is 19.1 Å². The molecular weight excluding hydrogens is 288 g/mol. The molecule has 0 fully saturated rings. The fraction of sp³-hybridized carbons (Fsp3) is 0.0833. The van der Waals surface area contributed by atoms with Crippen molar-refractivity contribution in [2.45, 2.75) is 6.92 Å². The van der Waals surface area contributed by atoms with Gasteiger partial charge in [-0.25, -0.2) is 4.79 Å². The molecule has 4 nitrogen and oxygen atoms in total. The molecule has 0 saturated carbocycles. The van der Waals surface area contributed by atoms with Gasteiger partial charge >= 0.3 is 5.97 Å². The van der Waals surface area contributed by atoms with Gasteiger partial charge in [0, 0.05) is 10.5 Å². The second-order valence-corrected chi connectivity index (χ2v) is 4.29. The molecule has 0 atom stereocenters. The molecule has 5 heteroatoms. The van der Waals surface area contributed by atoms with Crippen molar-refractivity contribution in [3.8, 4) is 11.7 Å². The fourth-order valence-electron chi connectivity index (χ4n) is 1.29. The van der Waals surface area contributed by atoms with E-state index >= 15 is 0 Å². The molecule has 0 unspecified atom stereocenters. The van der Waals surface area contributed by atoms with E-state index in [0.717, 1.165) is 10.0 Å². The number of benzene rings is 1. The normalized spacial score (nSPS) is 10.2. The lowest BCUT2D eigenvalue weighted by molar-refractivity contribution is 0.0657. The maximum atomic E-state index is 10.6. The van der Waals surface area contributed by atoms with Crippen LogP contribution in [-0.2, 0) is 0 Å². The van der Waals surface area contributed by atoms with Gasteiger partial charge in [-0.1, -0.05) is 15.9 Å². The average molecular weight is 297 g/mol. The second kappa shape index (κ2) is 4.63. The summed E-state index contributed by atoms with van der Waals surface area (Å²) in [5.74, 6) is -0.512. The van der Waals surface area contributed by atoms with E-state index in [4.69, 9.17) is 14.3 Å². The van der Waals surface area contributed by atoms with Crippen molar-refractivity contribution in [2.24, 2.45) is 0 Å². The number of rotatable bonds is 3.